The zero-order valence-corrected chi connectivity index (χ0v) is 12.6. The lowest BCUT2D eigenvalue weighted by Gasteiger charge is -2.29. The Hall–Kier alpha value is -0.880. The van der Waals surface area contributed by atoms with Gasteiger partial charge in [-0.1, -0.05) is 6.42 Å². The number of rotatable bonds is 1. The molecule has 1 saturated carbocycles. The fourth-order valence-electron chi connectivity index (χ4n) is 3.44. The number of aryl methyl sites for hydroxylation is 1. The summed E-state index contributed by atoms with van der Waals surface area (Å²) >= 11 is 3.41. The molecule has 6 heteroatoms. The zero-order valence-electron chi connectivity index (χ0n) is 11.1. The van der Waals surface area contributed by atoms with Gasteiger partial charge in [0.1, 0.15) is 4.47 Å². The first-order valence-corrected chi connectivity index (χ1v) is 7.59. The molecule has 2 fully saturated rings. The summed E-state index contributed by atoms with van der Waals surface area (Å²) in [6, 6.07) is 0.307. The Morgan fingerprint density at radius 1 is 1.42 bits per heavy atom. The second kappa shape index (κ2) is 4.90. The molecule has 5 nitrogen and oxygen atoms in total. The largest absolute Gasteiger partial charge is 0.369 e. The molecule has 0 aromatic carbocycles. The quantitative estimate of drug-likeness (QED) is 0.839. The van der Waals surface area contributed by atoms with Crippen LogP contribution in [0.1, 0.15) is 19.3 Å². The van der Waals surface area contributed by atoms with Crippen LogP contribution in [-0.2, 0) is 7.05 Å². The van der Waals surface area contributed by atoms with Crippen molar-refractivity contribution in [3.05, 3.63) is 21.0 Å². The smallest absolute Gasteiger partial charge is 0.282 e. The molecule has 1 aromatic heterocycles. The second-order valence-corrected chi connectivity index (χ2v) is 6.49. The lowest BCUT2D eigenvalue weighted by molar-refractivity contribution is 0.260. The van der Waals surface area contributed by atoms with Gasteiger partial charge in [-0.25, -0.2) is 4.68 Å². The predicted octanol–water partition coefficient (Wildman–Crippen LogP) is 1.11. The van der Waals surface area contributed by atoms with E-state index in [4.69, 9.17) is 5.73 Å². The van der Waals surface area contributed by atoms with Crippen molar-refractivity contribution in [3.63, 3.8) is 0 Å². The average molecular weight is 327 g/mol. The molecule has 2 N–H and O–H groups in total. The first-order valence-electron chi connectivity index (χ1n) is 6.80. The van der Waals surface area contributed by atoms with E-state index in [1.165, 1.54) is 17.5 Å². The highest BCUT2D eigenvalue weighted by molar-refractivity contribution is 9.10. The van der Waals surface area contributed by atoms with Crippen LogP contribution in [0.5, 0.6) is 0 Å². The van der Waals surface area contributed by atoms with Gasteiger partial charge in [0, 0.05) is 26.2 Å². The maximum absolute atomic E-state index is 11.9. The van der Waals surface area contributed by atoms with Crippen molar-refractivity contribution in [2.24, 2.45) is 24.6 Å². The van der Waals surface area contributed by atoms with E-state index in [9.17, 15) is 4.79 Å². The first kappa shape index (κ1) is 13.1. The summed E-state index contributed by atoms with van der Waals surface area (Å²) in [5.41, 5.74) is 7.05. The Balaban J connectivity index is 1.89. The van der Waals surface area contributed by atoms with Crippen LogP contribution in [0.4, 0.5) is 5.69 Å². The standard InChI is InChI=1S/C13H19BrN4O/c1-17-13(19)12(14)11(5-16-17)18-6-8-3-2-4-10(15)9(8)7-18/h5,8-10H,2-4,6-7,15H2,1H3. The summed E-state index contributed by atoms with van der Waals surface area (Å²) < 4.78 is 1.96. The molecule has 104 valence electrons. The Morgan fingerprint density at radius 2 is 2.21 bits per heavy atom. The molecule has 3 unspecified atom stereocenters. The molecule has 0 radical (unpaired) electrons. The van der Waals surface area contributed by atoms with Gasteiger partial charge < -0.3 is 10.6 Å². The normalized spacial score (nSPS) is 30.5. The van der Waals surface area contributed by atoms with Crippen molar-refractivity contribution in [2.45, 2.75) is 25.3 Å². The number of nitrogens with zero attached hydrogens (tertiary/aromatic N) is 3. The number of halogens is 1. The summed E-state index contributed by atoms with van der Waals surface area (Å²) in [7, 11) is 1.66. The van der Waals surface area contributed by atoms with Gasteiger partial charge in [-0.3, -0.25) is 4.79 Å². The van der Waals surface area contributed by atoms with Crippen LogP contribution in [0, 0.1) is 11.8 Å². The molecule has 0 amide bonds. The van der Waals surface area contributed by atoms with E-state index in [-0.39, 0.29) is 5.56 Å². The topological polar surface area (TPSA) is 64.2 Å². The van der Waals surface area contributed by atoms with Crippen LogP contribution < -0.4 is 16.2 Å². The van der Waals surface area contributed by atoms with Gasteiger partial charge in [0.25, 0.3) is 5.56 Å². The van der Waals surface area contributed by atoms with E-state index >= 15 is 0 Å². The van der Waals surface area contributed by atoms with Crippen molar-refractivity contribution < 1.29 is 0 Å². The molecule has 2 aliphatic rings. The van der Waals surface area contributed by atoms with Crippen LogP contribution in [0.3, 0.4) is 0 Å². The molecule has 1 aromatic rings. The highest BCUT2D eigenvalue weighted by atomic mass is 79.9. The monoisotopic (exact) mass is 326 g/mol. The second-order valence-electron chi connectivity index (χ2n) is 5.70. The fourth-order valence-corrected chi connectivity index (χ4v) is 4.05. The van der Waals surface area contributed by atoms with E-state index in [0.717, 1.165) is 25.2 Å². The fraction of sp³-hybridized carbons (Fsp3) is 0.692. The minimum absolute atomic E-state index is 0.0864. The van der Waals surface area contributed by atoms with Crippen LogP contribution in [0.2, 0.25) is 0 Å². The zero-order chi connectivity index (χ0) is 13.6. The maximum Gasteiger partial charge on any atom is 0.282 e. The average Bonchev–Trinajstić information content (AvgIpc) is 2.81. The van der Waals surface area contributed by atoms with Gasteiger partial charge in [0.2, 0.25) is 0 Å². The van der Waals surface area contributed by atoms with E-state index < -0.39 is 0 Å². The summed E-state index contributed by atoms with van der Waals surface area (Å²) in [6.07, 6.45) is 5.39. The number of hydrogen-bond acceptors (Lipinski definition) is 4. The first-order chi connectivity index (χ1) is 9.08. The lowest BCUT2D eigenvalue weighted by Crippen LogP contribution is -2.38. The Kier molecular flexibility index (Phi) is 3.39. The number of aromatic nitrogens is 2. The van der Waals surface area contributed by atoms with Crippen molar-refractivity contribution in [2.75, 3.05) is 18.0 Å². The van der Waals surface area contributed by atoms with Gasteiger partial charge in [-0.2, -0.15) is 5.10 Å². The summed E-state index contributed by atoms with van der Waals surface area (Å²) in [6.45, 7) is 1.94. The van der Waals surface area contributed by atoms with E-state index in [0.29, 0.717) is 22.4 Å². The summed E-state index contributed by atoms with van der Waals surface area (Å²) in [4.78, 5) is 14.2. The number of nitrogens with two attached hydrogens (primary N) is 1. The van der Waals surface area contributed by atoms with E-state index in [1.807, 2.05) is 0 Å². The maximum atomic E-state index is 11.9. The molecule has 19 heavy (non-hydrogen) atoms. The molecule has 3 rings (SSSR count). The number of anilines is 1. The van der Waals surface area contributed by atoms with Crippen LogP contribution >= 0.6 is 15.9 Å². The van der Waals surface area contributed by atoms with Gasteiger partial charge in [-0.05, 0) is 40.6 Å². The molecule has 1 aliphatic carbocycles. The van der Waals surface area contributed by atoms with Crippen LogP contribution in [0.25, 0.3) is 0 Å². The van der Waals surface area contributed by atoms with Crippen molar-refractivity contribution in [1.29, 1.82) is 0 Å². The molecule has 2 heterocycles. The lowest BCUT2D eigenvalue weighted by atomic mass is 9.78. The molecule has 1 aliphatic heterocycles. The third-order valence-electron chi connectivity index (χ3n) is 4.55. The van der Waals surface area contributed by atoms with Gasteiger partial charge >= 0.3 is 0 Å². The highest BCUT2D eigenvalue weighted by Gasteiger charge is 2.39. The van der Waals surface area contributed by atoms with E-state index in [1.54, 1.807) is 13.2 Å². The van der Waals surface area contributed by atoms with E-state index in [2.05, 4.69) is 25.9 Å². The minimum atomic E-state index is -0.0864. The third kappa shape index (κ3) is 2.21. The SMILES string of the molecule is Cn1ncc(N2CC3CCCC(N)C3C2)c(Br)c1=O. The Labute approximate surface area is 120 Å². The molecule has 0 bridgehead atoms. The minimum Gasteiger partial charge on any atom is -0.369 e. The molecule has 0 spiro atoms. The van der Waals surface area contributed by atoms with Gasteiger partial charge in [0.05, 0.1) is 11.9 Å². The highest BCUT2D eigenvalue weighted by Crippen LogP contribution is 2.38. The Bertz CT molecular complexity index is 544. The molecular weight excluding hydrogens is 308 g/mol. The van der Waals surface area contributed by atoms with Crippen molar-refractivity contribution >= 4 is 21.6 Å². The third-order valence-corrected chi connectivity index (χ3v) is 5.30. The molecule has 1 saturated heterocycles. The predicted molar refractivity (Wildman–Crippen MR) is 78.2 cm³/mol. The van der Waals surface area contributed by atoms with Gasteiger partial charge in [0.15, 0.2) is 0 Å². The summed E-state index contributed by atoms with van der Waals surface area (Å²) in [5, 5.41) is 4.12. The molecular formula is C13H19BrN4O. The van der Waals surface area contributed by atoms with Crippen molar-refractivity contribution in [3.8, 4) is 0 Å². The van der Waals surface area contributed by atoms with Crippen molar-refractivity contribution in [1.82, 2.24) is 9.78 Å². The number of fused-ring (bicyclic) bond motifs is 1. The van der Waals surface area contributed by atoms with Crippen LogP contribution in [0.15, 0.2) is 15.5 Å². The summed E-state index contributed by atoms with van der Waals surface area (Å²) in [5.74, 6) is 1.23. The van der Waals surface area contributed by atoms with Crippen LogP contribution in [-0.4, -0.2) is 28.9 Å². The Morgan fingerprint density at radius 3 is 2.95 bits per heavy atom. The van der Waals surface area contributed by atoms with Gasteiger partial charge in [-0.15, -0.1) is 0 Å². The molecule has 3 atom stereocenters. The number of hydrogen-bond donors (Lipinski definition) is 1.